The van der Waals surface area contributed by atoms with Crippen LogP contribution in [-0.4, -0.2) is 18.0 Å². The summed E-state index contributed by atoms with van der Waals surface area (Å²) < 4.78 is 5.19. The van der Waals surface area contributed by atoms with Crippen molar-refractivity contribution in [3.63, 3.8) is 0 Å². The Hall–Kier alpha value is -2.40. The average Bonchev–Trinajstić information content (AvgIpc) is 2.54. The minimum Gasteiger partial charge on any atom is -0.497 e. The van der Waals surface area contributed by atoms with Crippen molar-refractivity contribution < 1.29 is 9.53 Å². The van der Waals surface area contributed by atoms with Gasteiger partial charge < -0.3 is 15.8 Å². The van der Waals surface area contributed by atoms with Gasteiger partial charge in [-0.2, -0.15) is 0 Å². The van der Waals surface area contributed by atoms with Gasteiger partial charge >= 0.3 is 0 Å². The molecule has 0 radical (unpaired) electrons. The second-order valence-corrected chi connectivity index (χ2v) is 4.71. The molecule has 3 N–H and O–H groups in total. The summed E-state index contributed by atoms with van der Waals surface area (Å²) >= 11 is 0. The number of benzene rings is 1. The normalized spacial score (nSPS) is 11.8. The molecule has 0 aliphatic heterocycles. The van der Waals surface area contributed by atoms with Crippen molar-refractivity contribution in [2.45, 2.75) is 19.5 Å². The highest BCUT2D eigenvalue weighted by molar-refractivity contribution is 5.94. The standard InChI is InChI=1S/C16H19N3O2/c1-11(12-4-3-5-15(9-12)21-2)19-16(20)13-6-7-18-14(8-13)10-17/h3-9,11H,10,17H2,1-2H3,(H,19,20)/t11-/m0/s1. The molecular weight excluding hydrogens is 266 g/mol. The number of nitrogens with one attached hydrogen (secondary N) is 1. The van der Waals surface area contributed by atoms with E-state index in [-0.39, 0.29) is 11.9 Å². The number of pyridine rings is 1. The first-order valence-electron chi connectivity index (χ1n) is 6.74. The van der Waals surface area contributed by atoms with Gasteiger partial charge in [0.05, 0.1) is 18.8 Å². The van der Waals surface area contributed by atoms with E-state index in [1.807, 2.05) is 31.2 Å². The average molecular weight is 285 g/mol. The summed E-state index contributed by atoms with van der Waals surface area (Å²) in [7, 11) is 1.62. The zero-order chi connectivity index (χ0) is 15.2. The zero-order valence-corrected chi connectivity index (χ0v) is 12.2. The lowest BCUT2D eigenvalue weighted by Crippen LogP contribution is -2.26. The molecule has 1 aromatic carbocycles. The summed E-state index contributed by atoms with van der Waals surface area (Å²) in [6, 6.07) is 10.9. The molecule has 5 nitrogen and oxygen atoms in total. The predicted octanol–water partition coefficient (Wildman–Crippen LogP) is 2.04. The van der Waals surface area contributed by atoms with E-state index in [0.717, 1.165) is 11.3 Å². The molecule has 21 heavy (non-hydrogen) atoms. The SMILES string of the molecule is COc1cccc([C@H](C)NC(=O)c2ccnc(CN)c2)c1. The molecule has 2 rings (SSSR count). The first-order chi connectivity index (χ1) is 10.1. The van der Waals surface area contributed by atoms with Gasteiger partial charge in [0.25, 0.3) is 5.91 Å². The molecule has 1 heterocycles. The van der Waals surface area contributed by atoms with Crippen LogP contribution in [0.1, 0.15) is 34.6 Å². The van der Waals surface area contributed by atoms with Gasteiger partial charge in [0.15, 0.2) is 0 Å². The van der Waals surface area contributed by atoms with Gasteiger partial charge in [-0.3, -0.25) is 9.78 Å². The van der Waals surface area contributed by atoms with E-state index < -0.39 is 0 Å². The van der Waals surface area contributed by atoms with Crippen LogP contribution >= 0.6 is 0 Å². The van der Waals surface area contributed by atoms with E-state index in [9.17, 15) is 4.79 Å². The van der Waals surface area contributed by atoms with Crippen molar-refractivity contribution in [3.8, 4) is 5.75 Å². The van der Waals surface area contributed by atoms with E-state index in [1.165, 1.54) is 0 Å². The Bertz CT molecular complexity index is 628. The van der Waals surface area contributed by atoms with E-state index in [0.29, 0.717) is 17.8 Å². The van der Waals surface area contributed by atoms with Crippen molar-refractivity contribution in [3.05, 3.63) is 59.4 Å². The summed E-state index contributed by atoms with van der Waals surface area (Å²) in [6.07, 6.45) is 1.59. The van der Waals surface area contributed by atoms with Crippen molar-refractivity contribution in [1.29, 1.82) is 0 Å². The van der Waals surface area contributed by atoms with Gasteiger partial charge in [-0.25, -0.2) is 0 Å². The second-order valence-electron chi connectivity index (χ2n) is 4.71. The molecule has 0 saturated carbocycles. The molecule has 1 aromatic heterocycles. The molecule has 2 aromatic rings. The molecule has 0 bridgehead atoms. The quantitative estimate of drug-likeness (QED) is 0.881. The number of methoxy groups -OCH3 is 1. The lowest BCUT2D eigenvalue weighted by atomic mass is 10.1. The van der Waals surface area contributed by atoms with E-state index in [1.54, 1.807) is 25.4 Å². The minimum absolute atomic E-state index is 0.123. The van der Waals surface area contributed by atoms with Crippen LogP contribution in [0.5, 0.6) is 5.75 Å². The summed E-state index contributed by atoms with van der Waals surface area (Å²) in [5, 5.41) is 2.95. The lowest BCUT2D eigenvalue weighted by molar-refractivity contribution is 0.0939. The maximum absolute atomic E-state index is 12.2. The monoisotopic (exact) mass is 285 g/mol. The van der Waals surface area contributed by atoms with Crippen LogP contribution in [0.15, 0.2) is 42.6 Å². The van der Waals surface area contributed by atoms with Crippen LogP contribution < -0.4 is 15.8 Å². The number of nitrogens with zero attached hydrogens (tertiary/aromatic N) is 1. The highest BCUT2D eigenvalue weighted by Crippen LogP contribution is 2.19. The predicted molar refractivity (Wildman–Crippen MR) is 81.0 cm³/mol. The van der Waals surface area contributed by atoms with E-state index >= 15 is 0 Å². The largest absolute Gasteiger partial charge is 0.497 e. The third kappa shape index (κ3) is 3.79. The zero-order valence-electron chi connectivity index (χ0n) is 12.2. The van der Waals surface area contributed by atoms with Crippen molar-refractivity contribution >= 4 is 5.91 Å². The number of rotatable bonds is 5. The number of carbonyl (C=O) groups excluding carboxylic acids is 1. The maximum Gasteiger partial charge on any atom is 0.251 e. The topological polar surface area (TPSA) is 77.2 Å². The highest BCUT2D eigenvalue weighted by atomic mass is 16.5. The molecule has 110 valence electrons. The number of aromatic nitrogens is 1. The van der Waals surface area contributed by atoms with Crippen molar-refractivity contribution in [2.75, 3.05) is 7.11 Å². The fraction of sp³-hybridized carbons (Fsp3) is 0.250. The van der Waals surface area contributed by atoms with Crippen LogP contribution in [0.3, 0.4) is 0 Å². The molecule has 0 spiro atoms. The van der Waals surface area contributed by atoms with Crippen LogP contribution in [0.25, 0.3) is 0 Å². The van der Waals surface area contributed by atoms with Gasteiger partial charge in [0, 0.05) is 18.3 Å². The minimum atomic E-state index is -0.151. The molecule has 1 atom stereocenters. The van der Waals surface area contributed by atoms with Gasteiger partial charge in [-0.15, -0.1) is 0 Å². The third-order valence-electron chi connectivity index (χ3n) is 3.23. The number of nitrogens with two attached hydrogens (primary N) is 1. The van der Waals surface area contributed by atoms with E-state index in [4.69, 9.17) is 10.5 Å². The molecule has 0 aliphatic rings. The lowest BCUT2D eigenvalue weighted by Gasteiger charge is -2.15. The highest BCUT2D eigenvalue weighted by Gasteiger charge is 2.12. The number of carbonyl (C=O) groups is 1. The van der Waals surface area contributed by atoms with E-state index in [2.05, 4.69) is 10.3 Å². The third-order valence-corrected chi connectivity index (χ3v) is 3.23. The Morgan fingerprint density at radius 2 is 2.19 bits per heavy atom. The Morgan fingerprint density at radius 3 is 2.90 bits per heavy atom. The first kappa shape index (κ1) is 15.0. The molecule has 0 fully saturated rings. The van der Waals surface area contributed by atoms with Gasteiger partial charge in [0.2, 0.25) is 0 Å². The van der Waals surface area contributed by atoms with Gasteiger partial charge in [-0.1, -0.05) is 12.1 Å². The summed E-state index contributed by atoms with van der Waals surface area (Å²) in [4.78, 5) is 16.3. The van der Waals surface area contributed by atoms with Crippen LogP contribution in [0.2, 0.25) is 0 Å². The van der Waals surface area contributed by atoms with Crippen molar-refractivity contribution in [1.82, 2.24) is 10.3 Å². The number of ether oxygens (including phenoxy) is 1. The summed E-state index contributed by atoms with van der Waals surface area (Å²) in [5.74, 6) is 0.616. The van der Waals surface area contributed by atoms with Gasteiger partial charge in [-0.05, 0) is 36.8 Å². The van der Waals surface area contributed by atoms with Gasteiger partial charge in [0.1, 0.15) is 5.75 Å². The van der Waals surface area contributed by atoms with Crippen LogP contribution in [0, 0.1) is 0 Å². The molecule has 0 saturated heterocycles. The Balaban J connectivity index is 2.10. The molecule has 1 amide bonds. The Labute approximate surface area is 124 Å². The number of hydrogen-bond acceptors (Lipinski definition) is 4. The first-order valence-corrected chi connectivity index (χ1v) is 6.74. The Kier molecular flexibility index (Phi) is 4.90. The maximum atomic E-state index is 12.2. The second kappa shape index (κ2) is 6.85. The summed E-state index contributed by atoms with van der Waals surface area (Å²) in [6.45, 7) is 2.24. The van der Waals surface area contributed by atoms with Crippen molar-refractivity contribution in [2.24, 2.45) is 5.73 Å². The number of amides is 1. The molecular formula is C16H19N3O2. The Morgan fingerprint density at radius 1 is 1.38 bits per heavy atom. The van der Waals surface area contributed by atoms with Crippen LogP contribution in [-0.2, 0) is 6.54 Å². The molecule has 5 heteroatoms. The fourth-order valence-corrected chi connectivity index (χ4v) is 2.01. The summed E-state index contributed by atoms with van der Waals surface area (Å²) in [5.41, 5.74) is 7.76. The smallest absolute Gasteiger partial charge is 0.251 e. The van der Waals surface area contributed by atoms with Crippen LogP contribution in [0.4, 0.5) is 0 Å². The number of hydrogen-bond donors (Lipinski definition) is 2. The fourth-order valence-electron chi connectivity index (χ4n) is 2.01. The molecule has 0 unspecified atom stereocenters. The molecule has 0 aliphatic carbocycles.